The number of likely N-dealkylation sites (tertiary alicyclic amines) is 1. The second-order valence-electron chi connectivity index (χ2n) is 7.71. The van der Waals surface area contributed by atoms with E-state index >= 15 is 0 Å². The molecule has 146 valence electrons. The van der Waals surface area contributed by atoms with Crippen molar-refractivity contribution in [3.8, 4) is 0 Å². The van der Waals surface area contributed by atoms with Crippen molar-refractivity contribution < 1.29 is 18.4 Å². The Morgan fingerprint density at radius 1 is 1.11 bits per heavy atom. The minimum absolute atomic E-state index is 0.0300. The zero-order chi connectivity index (χ0) is 19.7. The average molecular weight is 384 g/mol. The van der Waals surface area contributed by atoms with Gasteiger partial charge in [-0.25, -0.2) is 8.78 Å². The number of fused-ring (bicyclic) bond motifs is 1. The van der Waals surface area contributed by atoms with Crippen LogP contribution in [0.3, 0.4) is 0 Å². The topological polar surface area (TPSA) is 49.4 Å². The molecule has 4 nitrogen and oxygen atoms in total. The van der Waals surface area contributed by atoms with E-state index < -0.39 is 17.2 Å². The molecule has 0 unspecified atom stereocenters. The molecule has 2 aliphatic heterocycles. The molecule has 2 aromatic rings. The number of hydrogen-bond donors (Lipinski definition) is 1. The van der Waals surface area contributed by atoms with Gasteiger partial charge < -0.3 is 10.2 Å². The highest BCUT2D eigenvalue weighted by Crippen LogP contribution is 2.31. The van der Waals surface area contributed by atoms with E-state index in [0.717, 1.165) is 37.0 Å². The fourth-order valence-corrected chi connectivity index (χ4v) is 4.20. The maximum Gasteiger partial charge on any atom is 0.252 e. The van der Waals surface area contributed by atoms with E-state index in [1.807, 2.05) is 24.3 Å². The Labute approximate surface area is 162 Å². The number of benzene rings is 2. The van der Waals surface area contributed by atoms with Crippen LogP contribution in [0.15, 0.2) is 42.5 Å². The lowest BCUT2D eigenvalue weighted by molar-refractivity contribution is -0.130. The monoisotopic (exact) mass is 384 g/mol. The Kier molecular flexibility index (Phi) is 4.87. The quantitative estimate of drug-likeness (QED) is 0.883. The lowest BCUT2D eigenvalue weighted by Gasteiger charge is -2.29. The molecule has 4 rings (SSSR count). The fraction of sp³-hybridized carbons (Fsp3) is 0.364. The zero-order valence-electron chi connectivity index (χ0n) is 15.5. The van der Waals surface area contributed by atoms with Gasteiger partial charge in [0.15, 0.2) is 11.6 Å². The third-order valence-corrected chi connectivity index (χ3v) is 5.83. The number of rotatable bonds is 3. The fourth-order valence-electron chi connectivity index (χ4n) is 4.20. The van der Waals surface area contributed by atoms with Gasteiger partial charge in [0.1, 0.15) is 0 Å². The Balaban J connectivity index is 1.39. The van der Waals surface area contributed by atoms with Gasteiger partial charge in [-0.1, -0.05) is 24.3 Å². The summed E-state index contributed by atoms with van der Waals surface area (Å²) in [6.45, 7) is 1.08. The van der Waals surface area contributed by atoms with Crippen molar-refractivity contribution >= 4 is 11.8 Å². The average Bonchev–Trinajstić information content (AvgIpc) is 3.05. The van der Waals surface area contributed by atoms with Crippen molar-refractivity contribution in [1.29, 1.82) is 0 Å². The Morgan fingerprint density at radius 2 is 1.93 bits per heavy atom. The van der Waals surface area contributed by atoms with Crippen LogP contribution in [-0.4, -0.2) is 35.3 Å². The Morgan fingerprint density at radius 3 is 2.75 bits per heavy atom. The zero-order valence-corrected chi connectivity index (χ0v) is 15.5. The molecule has 1 saturated heterocycles. The lowest BCUT2D eigenvalue weighted by Crippen LogP contribution is -2.50. The van der Waals surface area contributed by atoms with Crippen LogP contribution in [0, 0.1) is 11.6 Å². The summed E-state index contributed by atoms with van der Waals surface area (Å²) < 4.78 is 26.3. The minimum atomic E-state index is -0.897. The maximum atomic E-state index is 13.3. The molecule has 0 aliphatic carbocycles. The first-order chi connectivity index (χ1) is 13.5. The summed E-state index contributed by atoms with van der Waals surface area (Å²) in [5, 5.41) is 3.16. The largest absolute Gasteiger partial charge is 0.345 e. The van der Waals surface area contributed by atoms with Crippen LogP contribution in [-0.2, 0) is 17.6 Å². The van der Waals surface area contributed by atoms with Gasteiger partial charge in [-0.3, -0.25) is 9.59 Å². The Hall–Kier alpha value is -2.76. The molecule has 0 aromatic heterocycles. The van der Waals surface area contributed by atoms with Crippen molar-refractivity contribution in [2.45, 2.75) is 37.6 Å². The standard InChI is InChI=1S/C22H22F2N2O2/c23-18-7-5-15(13-19(18)24)6-8-20(27)26-12-11-22(14-26)10-9-16-3-1-2-4-17(16)21(28)25-22/h1-5,7,13H,6,8-12,14H2,(H,25,28)/t22-/m1/s1. The summed E-state index contributed by atoms with van der Waals surface area (Å²) in [5.74, 6) is -1.89. The van der Waals surface area contributed by atoms with Gasteiger partial charge >= 0.3 is 0 Å². The molecule has 0 saturated carbocycles. The van der Waals surface area contributed by atoms with E-state index in [4.69, 9.17) is 0 Å². The summed E-state index contributed by atoms with van der Waals surface area (Å²) in [5.41, 5.74) is 1.95. The van der Waals surface area contributed by atoms with Crippen molar-refractivity contribution in [3.05, 3.63) is 70.8 Å². The number of aryl methyl sites for hydroxylation is 2. The van der Waals surface area contributed by atoms with Crippen molar-refractivity contribution in [1.82, 2.24) is 10.2 Å². The highest BCUT2D eigenvalue weighted by molar-refractivity contribution is 5.96. The summed E-state index contributed by atoms with van der Waals surface area (Å²) in [6, 6.07) is 11.3. The summed E-state index contributed by atoms with van der Waals surface area (Å²) in [4.78, 5) is 27.0. The van der Waals surface area contributed by atoms with Crippen LogP contribution in [0.4, 0.5) is 8.78 Å². The maximum absolute atomic E-state index is 13.3. The number of amides is 2. The van der Waals surface area contributed by atoms with Crippen LogP contribution in [0.2, 0.25) is 0 Å². The minimum Gasteiger partial charge on any atom is -0.345 e. The molecular weight excluding hydrogens is 362 g/mol. The predicted molar refractivity (Wildman–Crippen MR) is 101 cm³/mol. The van der Waals surface area contributed by atoms with Gasteiger partial charge in [0.25, 0.3) is 5.91 Å². The number of hydrogen-bond acceptors (Lipinski definition) is 2. The van der Waals surface area contributed by atoms with E-state index in [9.17, 15) is 18.4 Å². The Bertz CT molecular complexity index is 931. The third-order valence-electron chi connectivity index (χ3n) is 5.83. The third kappa shape index (κ3) is 3.63. The first kappa shape index (κ1) is 18.6. The van der Waals surface area contributed by atoms with Crippen LogP contribution in [0.5, 0.6) is 0 Å². The van der Waals surface area contributed by atoms with Gasteiger partial charge in [-0.05, 0) is 55.0 Å². The van der Waals surface area contributed by atoms with E-state index in [2.05, 4.69) is 5.32 Å². The van der Waals surface area contributed by atoms with Gasteiger partial charge in [0.2, 0.25) is 5.91 Å². The SMILES string of the molecule is O=C1N[C@]2(CCc3ccccc31)CCN(C(=O)CCc1ccc(F)c(F)c1)C2. The molecule has 2 aromatic carbocycles. The van der Waals surface area contributed by atoms with Crippen LogP contribution in [0.25, 0.3) is 0 Å². The molecule has 1 fully saturated rings. The first-order valence-electron chi connectivity index (χ1n) is 9.58. The summed E-state index contributed by atoms with van der Waals surface area (Å²) in [7, 11) is 0. The number of carbonyl (C=O) groups is 2. The summed E-state index contributed by atoms with van der Waals surface area (Å²) in [6.07, 6.45) is 2.91. The number of halogens is 2. The molecule has 2 heterocycles. The molecular formula is C22H22F2N2O2. The van der Waals surface area contributed by atoms with Crippen LogP contribution in [0.1, 0.15) is 40.7 Å². The molecule has 0 radical (unpaired) electrons. The second-order valence-corrected chi connectivity index (χ2v) is 7.71. The van der Waals surface area contributed by atoms with Crippen molar-refractivity contribution in [2.75, 3.05) is 13.1 Å². The number of nitrogens with one attached hydrogen (secondary N) is 1. The molecule has 0 bridgehead atoms. The van der Waals surface area contributed by atoms with Gasteiger partial charge in [-0.2, -0.15) is 0 Å². The van der Waals surface area contributed by atoms with Gasteiger partial charge in [0.05, 0.1) is 5.54 Å². The molecule has 1 spiro atoms. The number of carbonyl (C=O) groups excluding carboxylic acids is 2. The second kappa shape index (κ2) is 7.34. The van der Waals surface area contributed by atoms with Crippen LogP contribution < -0.4 is 5.32 Å². The van der Waals surface area contributed by atoms with Gasteiger partial charge in [0, 0.05) is 25.1 Å². The molecule has 6 heteroatoms. The molecule has 2 aliphatic rings. The van der Waals surface area contributed by atoms with E-state index in [1.165, 1.54) is 6.07 Å². The van der Waals surface area contributed by atoms with Gasteiger partial charge in [-0.15, -0.1) is 0 Å². The smallest absolute Gasteiger partial charge is 0.252 e. The molecule has 28 heavy (non-hydrogen) atoms. The first-order valence-corrected chi connectivity index (χ1v) is 9.58. The van der Waals surface area contributed by atoms with E-state index in [1.54, 1.807) is 4.90 Å². The molecule has 2 amide bonds. The van der Waals surface area contributed by atoms with E-state index in [-0.39, 0.29) is 18.2 Å². The summed E-state index contributed by atoms with van der Waals surface area (Å²) >= 11 is 0. The van der Waals surface area contributed by atoms with Crippen molar-refractivity contribution in [2.24, 2.45) is 0 Å². The highest BCUT2D eigenvalue weighted by atomic mass is 19.2. The number of nitrogens with zero attached hydrogens (tertiary/aromatic N) is 1. The molecule has 1 atom stereocenters. The van der Waals surface area contributed by atoms with Crippen molar-refractivity contribution in [3.63, 3.8) is 0 Å². The lowest BCUT2D eigenvalue weighted by atomic mass is 9.91. The normalized spacial score (nSPS) is 21.4. The van der Waals surface area contributed by atoms with Crippen LogP contribution >= 0.6 is 0 Å². The highest BCUT2D eigenvalue weighted by Gasteiger charge is 2.42. The predicted octanol–water partition coefficient (Wildman–Crippen LogP) is 3.24. The molecule has 1 N–H and O–H groups in total. The van der Waals surface area contributed by atoms with E-state index in [0.29, 0.717) is 30.6 Å².